The van der Waals surface area contributed by atoms with Crippen LogP contribution in [0, 0.1) is 0 Å². The van der Waals surface area contributed by atoms with Gasteiger partial charge in [0.05, 0.1) is 12.7 Å². The van der Waals surface area contributed by atoms with E-state index in [0.29, 0.717) is 12.2 Å². The summed E-state index contributed by atoms with van der Waals surface area (Å²) < 4.78 is 9.84. The molecular weight excluding hydrogens is 180 g/mol. The average molecular weight is 190 g/mol. The Hall–Kier alpha value is -1.77. The van der Waals surface area contributed by atoms with Crippen molar-refractivity contribution in [2.24, 2.45) is 0 Å². The molecule has 0 radical (unpaired) electrons. The molecule has 1 aromatic carbocycles. The first-order valence-electron chi connectivity index (χ1n) is 4.33. The van der Waals surface area contributed by atoms with Crippen molar-refractivity contribution >= 4 is 11.5 Å². The second kappa shape index (κ2) is 3.54. The standard InChI is InChI=1S/C11H10O3/c1-13-9-4-2-8(3-5-9)10-6-7-14-11(10)12/h2-6H,7H2,1H3. The topological polar surface area (TPSA) is 35.5 Å². The molecule has 1 heterocycles. The molecule has 0 N–H and O–H groups in total. The van der Waals surface area contributed by atoms with Crippen molar-refractivity contribution in [1.82, 2.24) is 0 Å². The van der Waals surface area contributed by atoms with Crippen molar-refractivity contribution in [3.63, 3.8) is 0 Å². The first-order valence-corrected chi connectivity index (χ1v) is 4.33. The lowest BCUT2D eigenvalue weighted by atomic mass is 10.1. The van der Waals surface area contributed by atoms with Crippen LogP contribution in [0.15, 0.2) is 30.3 Å². The van der Waals surface area contributed by atoms with E-state index in [1.807, 2.05) is 24.3 Å². The predicted octanol–water partition coefficient (Wildman–Crippen LogP) is 1.64. The first kappa shape index (κ1) is 8.81. The van der Waals surface area contributed by atoms with E-state index in [1.165, 1.54) is 0 Å². The van der Waals surface area contributed by atoms with Crippen molar-refractivity contribution in [1.29, 1.82) is 0 Å². The number of esters is 1. The monoisotopic (exact) mass is 190 g/mol. The normalized spacial score (nSPS) is 14.9. The zero-order valence-electron chi connectivity index (χ0n) is 7.82. The summed E-state index contributed by atoms with van der Waals surface area (Å²) in [5.41, 5.74) is 1.50. The quantitative estimate of drug-likeness (QED) is 0.665. The highest BCUT2D eigenvalue weighted by atomic mass is 16.5. The molecule has 0 saturated heterocycles. The lowest BCUT2D eigenvalue weighted by Gasteiger charge is -2.02. The maximum atomic E-state index is 11.2. The predicted molar refractivity (Wildman–Crippen MR) is 51.9 cm³/mol. The third-order valence-corrected chi connectivity index (χ3v) is 2.12. The first-order chi connectivity index (χ1) is 6.81. The number of rotatable bonds is 2. The Morgan fingerprint density at radius 3 is 2.50 bits per heavy atom. The van der Waals surface area contributed by atoms with Crippen LogP contribution in [0.4, 0.5) is 0 Å². The van der Waals surface area contributed by atoms with Gasteiger partial charge in [0.25, 0.3) is 0 Å². The summed E-state index contributed by atoms with van der Waals surface area (Å²) in [6.07, 6.45) is 1.78. The molecule has 0 bridgehead atoms. The molecule has 3 heteroatoms. The highest BCUT2D eigenvalue weighted by molar-refractivity contribution is 6.18. The van der Waals surface area contributed by atoms with Crippen LogP contribution >= 0.6 is 0 Å². The largest absolute Gasteiger partial charge is 0.497 e. The number of carbonyl (C=O) groups excluding carboxylic acids is 1. The maximum Gasteiger partial charge on any atom is 0.338 e. The number of ether oxygens (including phenoxy) is 2. The Morgan fingerprint density at radius 2 is 2.00 bits per heavy atom. The third kappa shape index (κ3) is 1.48. The molecule has 1 aliphatic rings. The van der Waals surface area contributed by atoms with E-state index in [0.717, 1.165) is 11.3 Å². The van der Waals surface area contributed by atoms with Crippen LogP contribution in [0.25, 0.3) is 5.57 Å². The Bertz CT molecular complexity index is 376. The van der Waals surface area contributed by atoms with E-state index in [9.17, 15) is 4.79 Å². The Balaban J connectivity index is 2.29. The number of cyclic esters (lactones) is 1. The Labute approximate surface area is 81.9 Å². The summed E-state index contributed by atoms with van der Waals surface area (Å²) in [5, 5.41) is 0. The fourth-order valence-electron chi connectivity index (χ4n) is 1.37. The van der Waals surface area contributed by atoms with E-state index < -0.39 is 0 Å². The fourth-order valence-corrected chi connectivity index (χ4v) is 1.37. The number of hydrogen-bond acceptors (Lipinski definition) is 3. The smallest absolute Gasteiger partial charge is 0.338 e. The van der Waals surface area contributed by atoms with E-state index in [1.54, 1.807) is 13.2 Å². The van der Waals surface area contributed by atoms with E-state index in [2.05, 4.69) is 0 Å². The van der Waals surface area contributed by atoms with Crippen molar-refractivity contribution < 1.29 is 14.3 Å². The number of hydrogen-bond donors (Lipinski definition) is 0. The Kier molecular flexibility index (Phi) is 2.23. The molecular formula is C11H10O3. The van der Waals surface area contributed by atoms with Gasteiger partial charge in [0.1, 0.15) is 12.4 Å². The number of benzene rings is 1. The van der Waals surface area contributed by atoms with Gasteiger partial charge >= 0.3 is 5.97 Å². The average Bonchev–Trinajstić information content (AvgIpc) is 2.65. The van der Waals surface area contributed by atoms with Crippen LogP contribution in [-0.4, -0.2) is 19.7 Å². The fraction of sp³-hybridized carbons (Fsp3) is 0.182. The molecule has 0 saturated carbocycles. The van der Waals surface area contributed by atoms with Gasteiger partial charge in [-0.3, -0.25) is 0 Å². The van der Waals surface area contributed by atoms with Gasteiger partial charge in [-0.15, -0.1) is 0 Å². The van der Waals surface area contributed by atoms with Gasteiger partial charge in [-0.05, 0) is 23.8 Å². The van der Waals surface area contributed by atoms with E-state index >= 15 is 0 Å². The zero-order chi connectivity index (χ0) is 9.97. The third-order valence-electron chi connectivity index (χ3n) is 2.12. The van der Waals surface area contributed by atoms with Crippen molar-refractivity contribution in [3.8, 4) is 5.75 Å². The van der Waals surface area contributed by atoms with Gasteiger partial charge in [-0.1, -0.05) is 12.1 Å². The lowest BCUT2D eigenvalue weighted by Crippen LogP contribution is -1.98. The second-order valence-electron chi connectivity index (χ2n) is 2.94. The van der Waals surface area contributed by atoms with Crippen LogP contribution in [0.2, 0.25) is 0 Å². The molecule has 1 aliphatic heterocycles. The van der Waals surface area contributed by atoms with E-state index in [-0.39, 0.29) is 5.97 Å². The van der Waals surface area contributed by atoms with Crippen LogP contribution in [0.5, 0.6) is 5.75 Å². The minimum absolute atomic E-state index is 0.254. The van der Waals surface area contributed by atoms with Crippen LogP contribution in [0.3, 0.4) is 0 Å². The molecule has 0 spiro atoms. The number of carbonyl (C=O) groups is 1. The molecule has 0 fully saturated rings. The molecule has 2 rings (SSSR count). The SMILES string of the molecule is COc1ccc(C2=CCOC2=O)cc1. The van der Waals surface area contributed by atoms with Gasteiger partial charge < -0.3 is 9.47 Å². The summed E-state index contributed by atoms with van der Waals surface area (Å²) in [4.78, 5) is 11.2. The van der Waals surface area contributed by atoms with Gasteiger partial charge in [0, 0.05) is 0 Å². The highest BCUT2D eigenvalue weighted by Gasteiger charge is 2.17. The molecule has 1 aromatic rings. The molecule has 0 aliphatic carbocycles. The van der Waals surface area contributed by atoms with Crippen LogP contribution in [0.1, 0.15) is 5.56 Å². The van der Waals surface area contributed by atoms with Crippen molar-refractivity contribution in [2.75, 3.05) is 13.7 Å². The molecule has 0 aromatic heterocycles. The van der Waals surface area contributed by atoms with E-state index in [4.69, 9.17) is 9.47 Å². The summed E-state index contributed by atoms with van der Waals surface area (Å²) in [6.45, 7) is 0.375. The highest BCUT2D eigenvalue weighted by Crippen LogP contribution is 2.22. The van der Waals surface area contributed by atoms with Crippen LogP contribution < -0.4 is 4.74 Å². The second-order valence-corrected chi connectivity index (χ2v) is 2.94. The molecule has 72 valence electrons. The summed E-state index contributed by atoms with van der Waals surface area (Å²) in [6, 6.07) is 7.33. The zero-order valence-corrected chi connectivity index (χ0v) is 7.82. The maximum absolute atomic E-state index is 11.2. The van der Waals surface area contributed by atoms with Crippen molar-refractivity contribution in [3.05, 3.63) is 35.9 Å². The van der Waals surface area contributed by atoms with Gasteiger partial charge in [-0.25, -0.2) is 4.79 Å². The summed E-state index contributed by atoms with van der Waals surface area (Å²) in [5.74, 6) is 0.524. The van der Waals surface area contributed by atoms with Gasteiger partial charge in [0.2, 0.25) is 0 Å². The molecule has 0 unspecified atom stereocenters. The molecule has 0 atom stereocenters. The lowest BCUT2D eigenvalue weighted by molar-refractivity contribution is -0.133. The summed E-state index contributed by atoms with van der Waals surface area (Å²) in [7, 11) is 1.61. The molecule has 14 heavy (non-hydrogen) atoms. The molecule has 3 nitrogen and oxygen atoms in total. The van der Waals surface area contributed by atoms with Gasteiger partial charge in [0.15, 0.2) is 0 Å². The minimum atomic E-state index is -0.254. The summed E-state index contributed by atoms with van der Waals surface area (Å²) >= 11 is 0. The minimum Gasteiger partial charge on any atom is -0.497 e. The van der Waals surface area contributed by atoms with Gasteiger partial charge in [-0.2, -0.15) is 0 Å². The number of methoxy groups -OCH3 is 1. The van der Waals surface area contributed by atoms with Crippen LogP contribution in [-0.2, 0) is 9.53 Å². The molecule has 0 amide bonds. The Morgan fingerprint density at radius 1 is 1.29 bits per heavy atom. The van der Waals surface area contributed by atoms with Crippen molar-refractivity contribution in [2.45, 2.75) is 0 Å².